The third-order valence-electron chi connectivity index (χ3n) is 3.20. The van der Waals surface area contributed by atoms with E-state index in [9.17, 15) is 23.2 Å². The first-order valence-corrected chi connectivity index (χ1v) is 8.33. The summed E-state index contributed by atoms with van der Waals surface area (Å²) in [5, 5.41) is 0. The predicted octanol–water partition coefficient (Wildman–Crippen LogP) is 1.95. The molecule has 0 aliphatic carbocycles. The number of thiophene rings is 1. The van der Waals surface area contributed by atoms with Gasteiger partial charge >= 0.3 is 5.69 Å². The molecule has 4 N–H and O–H groups in total. The second kappa shape index (κ2) is 6.21. The van der Waals surface area contributed by atoms with E-state index in [4.69, 9.17) is 5.73 Å². The number of fused-ring (bicyclic) bond motifs is 1. The molecule has 0 fully saturated rings. The van der Waals surface area contributed by atoms with Crippen molar-refractivity contribution in [3.63, 3.8) is 0 Å². The number of carbonyl (C=O) groups excluding carboxylic acids is 1. The number of halogens is 2. The molecule has 1 aromatic carbocycles. The van der Waals surface area contributed by atoms with E-state index in [1.807, 2.05) is 4.98 Å². The topological polar surface area (TPSA) is 109 Å². The molecule has 3 aromatic rings. The van der Waals surface area contributed by atoms with Crippen molar-refractivity contribution in [2.75, 3.05) is 0 Å². The number of thioether (sulfide) groups is 1. The monoisotopic (exact) mass is 369 g/mol. The van der Waals surface area contributed by atoms with Gasteiger partial charge < -0.3 is 10.7 Å². The van der Waals surface area contributed by atoms with E-state index in [-0.39, 0.29) is 27.1 Å². The van der Waals surface area contributed by atoms with Gasteiger partial charge in [-0.3, -0.25) is 14.6 Å². The van der Waals surface area contributed by atoms with Crippen LogP contribution in [0.1, 0.15) is 15.9 Å². The SMILES string of the molecule is NC(=O)c1c(SCc2c(F)cccc2F)sc2c(=O)[nH]c(=O)[nH]c12. The Hall–Kier alpha value is -2.46. The fraction of sp³-hybridized carbons (Fsp3) is 0.0714. The van der Waals surface area contributed by atoms with Gasteiger partial charge in [-0.1, -0.05) is 6.07 Å². The third-order valence-corrected chi connectivity index (χ3v) is 5.69. The van der Waals surface area contributed by atoms with Crippen LogP contribution in [0.5, 0.6) is 0 Å². The van der Waals surface area contributed by atoms with Crippen LogP contribution in [0.3, 0.4) is 0 Å². The highest BCUT2D eigenvalue weighted by Crippen LogP contribution is 2.37. The molecule has 0 bridgehead atoms. The Balaban J connectivity index is 2.08. The minimum absolute atomic E-state index is 0.0257. The van der Waals surface area contributed by atoms with E-state index >= 15 is 0 Å². The van der Waals surface area contributed by atoms with Crippen molar-refractivity contribution in [3.8, 4) is 0 Å². The number of amides is 1. The van der Waals surface area contributed by atoms with E-state index < -0.39 is 28.8 Å². The number of carbonyl (C=O) groups is 1. The van der Waals surface area contributed by atoms with Crippen molar-refractivity contribution in [2.24, 2.45) is 5.73 Å². The van der Waals surface area contributed by atoms with Gasteiger partial charge in [0, 0.05) is 11.3 Å². The number of primary amides is 1. The van der Waals surface area contributed by atoms with Crippen LogP contribution in [0.15, 0.2) is 32.0 Å². The van der Waals surface area contributed by atoms with Crippen molar-refractivity contribution < 1.29 is 13.6 Å². The Labute approximate surface area is 140 Å². The predicted molar refractivity (Wildman–Crippen MR) is 87.5 cm³/mol. The van der Waals surface area contributed by atoms with Gasteiger partial charge in [0.1, 0.15) is 16.3 Å². The van der Waals surface area contributed by atoms with Gasteiger partial charge in [0.25, 0.3) is 11.5 Å². The summed E-state index contributed by atoms with van der Waals surface area (Å²) in [6.07, 6.45) is 0. The van der Waals surface area contributed by atoms with E-state index in [2.05, 4.69) is 4.98 Å². The lowest BCUT2D eigenvalue weighted by molar-refractivity contribution is 0.0999. The fourth-order valence-electron chi connectivity index (χ4n) is 2.13. The van der Waals surface area contributed by atoms with Crippen LogP contribution < -0.4 is 17.0 Å². The molecule has 0 saturated carbocycles. The van der Waals surface area contributed by atoms with Gasteiger partial charge in [0.15, 0.2) is 0 Å². The number of H-pyrrole nitrogens is 2. The first-order chi connectivity index (χ1) is 11.4. The van der Waals surface area contributed by atoms with Crippen LogP contribution in [0.25, 0.3) is 10.2 Å². The van der Waals surface area contributed by atoms with Crippen molar-refractivity contribution in [2.45, 2.75) is 9.96 Å². The zero-order valence-corrected chi connectivity index (χ0v) is 13.4. The lowest BCUT2D eigenvalue weighted by Gasteiger charge is -2.04. The van der Waals surface area contributed by atoms with Crippen LogP contribution >= 0.6 is 23.1 Å². The molecule has 0 unspecified atom stereocenters. The average molecular weight is 369 g/mol. The minimum atomic E-state index is -0.848. The average Bonchev–Trinajstić information content (AvgIpc) is 2.85. The normalized spacial score (nSPS) is 11.1. The zero-order chi connectivity index (χ0) is 17.4. The smallest absolute Gasteiger partial charge is 0.326 e. The van der Waals surface area contributed by atoms with E-state index in [1.165, 1.54) is 6.07 Å². The van der Waals surface area contributed by atoms with Crippen LogP contribution in [-0.4, -0.2) is 15.9 Å². The Morgan fingerprint density at radius 2 is 1.88 bits per heavy atom. The quantitative estimate of drug-likeness (QED) is 0.611. The molecule has 0 saturated heterocycles. The van der Waals surface area contributed by atoms with Gasteiger partial charge in [-0.2, -0.15) is 0 Å². The molecule has 0 spiro atoms. The maximum Gasteiger partial charge on any atom is 0.326 e. The first kappa shape index (κ1) is 16.4. The van der Waals surface area contributed by atoms with Crippen molar-refractivity contribution in [1.82, 2.24) is 9.97 Å². The molecular formula is C14H9F2N3O3S2. The molecule has 0 aliphatic heterocycles. The van der Waals surface area contributed by atoms with Crippen LogP contribution in [0.2, 0.25) is 0 Å². The fourth-order valence-corrected chi connectivity index (χ4v) is 4.58. The van der Waals surface area contributed by atoms with Gasteiger partial charge in [-0.05, 0) is 12.1 Å². The molecule has 124 valence electrons. The summed E-state index contributed by atoms with van der Waals surface area (Å²) in [4.78, 5) is 39.3. The van der Waals surface area contributed by atoms with Gasteiger partial charge in [0.05, 0.1) is 15.3 Å². The number of nitrogens with one attached hydrogen (secondary N) is 2. The maximum absolute atomic E-state index is 13.7. The minimum Gasteiger partial charge on any atom is -0.365 e. The summed E-state index contributed by atoms with van der Waals surface area (Å²) in [6, 6.07) is 3.50. The lowest BCUT2D eigenvalue weighted by atomic mass is 10.2. The number of nitrogens with two attached hydrogens (primary N) is 1. The molecule has 10 heteroatoms. The summed E-state index contributed by atoms with van der Waals surface area (Å²) in [7, 11) is 0. The maximum atomic E-state index is 13.7. The summed E-state index contributed by atoms with van der Waals surface area (Å²) in [5.74, 6) is -2.38. The summed E-state index contributed by atoms with van der Waals surface area (Å²) in [6.45, 7) is 0. The number of aromatic amines is 2. The molecule has 6 nitrogen and oxygen atoms in total. The van der Waals surface area contributed by atoms with Gasteiger partial charge in [-0.25, -0.2) is 13.6 Å². The molecule has 0 atom stereocenters. The van der Waals surface area contributed by atoms with Crippen LogP contribution in [0, 0.1) is 11.6 Å². The molecule has 1 amide bonds. The van der Waals surface area contributed by atoms with E-state index in [0.717, 1.165) is 35.2 Å². The zero-order valence-electron chi connectivity index (χ0n) is 11.8. The highest BCUT2D eigenvalue weighted by molar-refractivity contribution is 8.00. The number of aromatic nitrogens is 2. The molecule has 2 heterocycles. The summed E-state index contributed by atoms with van der Waals surface area (Å²) >= 11 is 1.88. The Morgan fingerprint density at radius 1 is 1.21 bits per heavy atom. The number of hydrogen-bond acceptors (Lipinski definition) is 5. The Bertz CT molecular complexity index is 1050. The standard InChI is InChI=1S/C14H9F2N3O3S2/c15-6-2-1-3-7(16)5(6)4-23-13-8(11(17)20)9-10(24-13)12(21)19-14(22)18-9/h1-3H,4H2,(H2,17,20)(H2,18,19,21,22). The molecule has 0 radical (unpaired) electrons. The largest absolute Gasteiger partial charge is 0.365 e. The second-order valence-electron chi connectivity index (χ2n) is 4.73. The third kappa shape index (κ3) is 2.85. The lowest BCUT2D eigenvalue weighted by Crippen LogP contribution is -2.22. The highest BCUT2D eigenvalue weighted by atomic mass is 32.2. The molecule has 0 aliphatic rings. The molecule has 2 aromatic heterocycles. The second-order valence-corrected chi connectivity index (χ2v) is 6.99. The first-order valence-electron chi connectivity index (χ1n) is 6.53. The molecule has 24 heavy (non-hydrogen) atoms. The van der Waals surface area contributed by atoms with Crippen LogP contribution in [0.4, 0.5) is 8.78 Å². The molecule has 3 rings (SSSR count). The van der Waals surface area contributed by atoms with E-state index in [1.54, 1.807) is 0 Å². The number of hydrogen-bond donors (Lipinski definition) is 3. The van der Waals surface area contributed by atoms with E-state index in [0.29, 0.717) is 4.21 Å². The Kier molecular flexibility index (Phi) is 4.24. The van der Waals surface area contributed by atoms with Crippen molar-refractivity contribution in [3.05, 3.63) is 61.8 Å². The van der Waals surface area contributed by atoms with Gasteiger partial charge in [0.2, 0.25) is 0 Å². The van der Waals surface area contributed by atoms with Crippen molar-refractivity contribution >= 4 is 39.2 Å². The van der Waals surface area contributed by atoms with Gasteiger partial charge in [-0.15, -0.1) is 23.1 Å². The molecular weight excluding hydrogens is 360 g/mol. The van der Waals surface area contributed by atoms with Crippen LogP contribution in [-0.2, 0) is 5.75 Å². The Morgan fingerprint density at radius 3 is 2.50 bits per heavy atom. The number of rotatable bonds is 4. The van der Waals surface area contributed by atoms with Crippen molar-refractivity contribution in [1.29, 1.82) is 0 Å². The summed E-state index contributed by atoms with van der Waals surface area (Å²) in [5.41, 5.74) is 3.72. The summed E-state index contributed by atoms with van der Waals surface area (Å²) < 4.78 is 27.8. The highest BCUT2D eigenvalue weighted by Gasteiger charge is 2.21. The number of benzene rings is 1.